The molecule has 2 aromatic carbocycles. The lowest BCUT2D eigenvalue weighted by Crippen LogP contribution is -2.26. The largest absolute Gasteiger partial charge is 0.465 e. The summed E-state index contributed by atoms with van der Waals surface area (Å²) in [6.45, 7) is 2.02. The molecule has 0 fully saturated rings. The normalized spacial score (nSPS) is 10.6. The van der Waals surface area contributed by atoms with E-state index in [4.69, 9.17) is 4.74 Å². The predicted octanol–water partition coefficient (Wildman–Crippen LogP) is 3.80. The Morgan fingerprint density at radius 2 is 1.69 bits per heavy atom. The van der Waals surface area contributed by atoms with Crippen LogP contribution >= 0.6 is 0 Å². The molecule has 0 amide bonds. The molecule has 0 aliphatic heterocycles. The molecule has 0 saturated heterocycles. The Morgan fingerprint density at radius 1 is 1.04 bits per heavy atom. The molecule has 0 radical (unpaired) electrons. The van der Waals surface area contributed by atoms with Gasteiger partial charge in [-0.3, -0.25) is 4.79 Å². The maximum atomic E-state index is 14.9. The predicted molar refractivity (Wildman–Crippen MR) is 97.7 cm³/mol. The molecule has 0 atom stereocenters. The van der Waals surface area contributed by atoms with E-state index in [0.717, 1.165) is 5.56 Å². The highest BCUT2D eigenvalue weighted by molar-refractivity contribution is 5.97. The number of carbonyl (C=O) groups is 1. The van der Waals surface area contributed by atoms with Gasteiger partial charge in [0.25, 0.3) is 5.56 Å². The second kappa shape index (κ2) is 7.35. The monoisotopic (exact) mass is 351 g/mol. The average Bonchev–Trinajstić information content (AvgIpc) is 2.68. The van der Waals surface area contributed by atoms with Gasteiger partial charge in [-0.25, -0.2) is 9.18 Å². The van der Waals surface area contributed by atoms with Gasteiger partial charge in [0.2, 0.25) is 0 Å². The van der Waals surface area contributed by atoms with Crippen molar-refractivity contribution in [1.82, 2.24) is 4.57 Å². The van der Waals surface area contributed by atoms with Crippen LogP contribution in [0.15, 0.2) is 65.5 Å². The summed E-state index contributed by atoms with van der Waals surface area (Å²) in [5.41, 5.74) is 1.44. The molecule has 26 heavy (non-hydrogen) atoms. The number of esters is 1. The first-order chi connectivity index (χ1) is 12.5. The van der Waals surface area contributed by atoms with E-state index in [2.05, 4.69) is 0 Å². The molecule has 5 heteroatoms. The maximum absolute atomic E-state index is 14.9. The topological polar surface area (TPSA) is 48.3 Å². The highest BCUT2D eigenvalue weighted by Gasteiger charge is 2.19. The van der Waals surface area contributed by atoms with Crippen molar-refractivity contribution in [2.75, 3.05) is 7.11 Å². The number of ether oxygens (including phenoxy) is 1. The van der Waals surface area contributed by atoms with Crippen molar-refractivity contribution in [1.29, 1.82) is 0 Å². The Labute approximate surface area is 150 Å². The number of nitrogens with zero attached hydrogens (tertiary/aromatic N) is 1. The van der Waals surface area contributed by atoms with E-state index >= 15 is 0 Å². The fraction of sp³-hybridized carbons (Fsp3) is 0.143. The quantitative estimate of drug-likeness (QED) is 0.672. The van der Waals surface area contributed by atoms with Crippen LogP contribution in [0.1, 0.15) is 21.6 Å². The van der Waals surface area contributed by atoms with Crippen LogP contribution in [0.4, 0.5) is 4.39 Å². The molecule has 0 spiro atoms. The van der Waals surface area contributed by atoms with Crippen LogP contribution in [-0.2, 0) is 11.3 Å². The van der Waals surface area contributed by atoms with Crippen molar-refractivity contribution in [2.24, 2.45) is 0 Å². The standard InChI is InChI=1S/C21H18FNO3/c1-14-12-18(16-10-6-7-11-17(16)21(25)26-2)19(22)20(24)23(14)13-15-8-4-3-5-9-15/h3-12H,13H2,1-2H3. The maximum Gasteiger partial charge on any atom is 0.338 e. The Bertz CT molecular complexity index is 1010. The molecule has 4 nitrogen and oxygen atoms in total. The van der Waals surface area contributed by atoms with E-state index in [0.29, 0.717) is 11.3 Å². The molecule has 0 aliphatic rings. The lowest BCUT2D eigenvalue weighted by Gasteiger charge is -2.14. The van der Waals surface area contributed by atoms with E-state index < -0.39 is 17.3 Å². The third-order valence-electron chi connectivity index (χ3n) is 4.25. The van der Waals surface area contributed by atoms with Crippen molar-refractivity contribution < 1.29 is 13.9 Å². The third kappa shape index (κ3) is 3.28. The molecule has 132 valence electrons. The van der Waals surface area contributed by atoms with E-state index in [1.54, 1.807) is 37.3 Å². The number of hydrogen-bond donors (Lipinski definition) is 0. The molecule has 3 rings (SSSR count). The van der Waals surface area contributed by atoms with E-state index in [1.165, 1.54) is 11.7 Å². The van der Waals surface area contributed by atoms with Crippen LogP contribution in [-0.4, -0.2) is 17.6 Å². The zero-order chi connectivity index (χ0) is 18.7. The molecule has 0 N–H and O–H groups in total. The average molecular weight is 351 g/mol. The van der Waals surface area contributed by atoms with Gasteiger partial charge in [-0.2, -0.15) is 0 Å². The van der Waals surface area contributed by atoms with Crippen molar-refractivity contribution in [2.45, 2.75) is 13.5 Å². The van der Waals surface area contributed by atoms with Gasteiger partial charge >= 0.3 is 5.97 Å². The lowest BCUT2D eigenvalue weighted by atomic mass is 9.99. The summed E-state index contributed by atoms with van der Waals surface area (Å²) in [7, 11) is 1.26. The number of rotatable bonds is 4. The van der Waals surface area contributed by atoms with Gasteiger partial charge in [0.15, 0.2) is 5.82 Å². The molecular weight excluding hydrogens is 333 g/mol. The summed E-state index contributed by atoms with van der Waals surface area (Å²) in [4.78, 5) is 24.6. The van der Waals surface area contributed by atoms with Crippen LogP contribution in [0.3, 0.4) is 0 Å². The molecule has 0 unspecified atom stereocenters. The number of carbonyl (C=O) groups excluding carboxylic acids is 1. The van der Waals surface area contributed by atoms with Gasteiger partial charge in [-0.15, -0.1) is 0 Å². The fourth-order valence-corrected chi connectivity index (χ4v) is 2.91. The Balaban J connectivity index is 2.13. The zero-order valence-electron chi connectivity index (χ0n) is 14.5. The number of aryl methyl sites for hydroxylation is 1. The summed E-state index contributed by atoms with van der Waals surface area (Å²) < 4.78 is 21.0. The van der Waals surface area contributed by atoms with Gasteiger partial charge in [0.1, 0.15) is 0 Å². The number of pyridine rings is 1. The van der Waals surface area contributed by atoms with Crippen molar-refractivity contribution in [3.63, 3.8) is 0 Å². The SMILES string of the molecule is COC(=O)c1ccccc1-c1cc(C)n(Cc2ccccc2)c(=O)c1F. The van der Waals surface area contributed by atoms with Gasteiger partial charge in [-0.05, 0) is 30.2 Å². The summed E-state index contributed by atoms with van der Waals surface area (Å²) in [5, 5.41) is 0. The number of benzene rings is 2. The molecule has 3 aromatic rings. The summed E-state index contributed by atoms with van der Waals surface area (Å²) in [6, 6.07) is 17.5. The Kier molecular flexibility index (Phi) is 4.98. The second-order valence-electron chi connectivity index (χ2n) is 5.93. The Hall–Kier alpha value is -3.21. The molecule has 0 saturated carbocycles. The first kappa shape index (κ1) is 17.6. The summed E-state index contributed by atoms with van der Waals surface area (Å²) >= 11 is 0. The minimum atomic E-state index is -0.886. The molecule has 0 aliphatic carbocycles. The van der Waals surface area contributed by atoms with Gasteiger partial charge in [-0.1, -0.05) is 48.5 Å². The first-order valence-corrected chi connectivity index (χ1v) is 8.14. The molecule has 1 heterocycles. The zero-order valence-corrected chi connectivity index (χ0v) is 14.5. The van der Waals surface area contributed by atoms with Crippen LogP contribution in [0, 0.1) is 12.7 Å². The fourth-order valence-electron chi connectivity index (χ4n) is 2.91. The summed E-state index contributed by atoms with van der Waals surface area (Å²) in [6.07, 6.45) is 0. The van der Waals surface area contributed by atoms with Crippen molar-refractivity contribution in [3.05, 3.63) is 93.7 Å². The molecular formula is C21H18FNO3. The first-order valence-electron chi connectivity index (χ1n) is 8.14. The molecule has 0 bridgehead atoms. The lowest BCUT2D eigenvalue weighted by molar-refractivity contribution is 0.0601. The minimum Gasteiger partial charge on any atom is -0.465 e. The third-order valence-corrected chi connectivity index (χ3v) is 4.25. The van der Waals surface area contributed by atoms with Gasteiger partial charge < -0.3 is 9.30 Å². The second-order valence-corrected chi connectivity index (χ2v) is 5.93. The number of halogens is 1. The van der Waals surface area contributed by atoms with Gasteiger partial charge in [0, 0.05) is 11.3 Å². The number of aromatic nitrogens is 1. The van der Waals surface area contributed by atoms with Crippen molar-refractivity contribution >= 4 is 5.97 Å². The minimum absolute atomic E-state index is 0.0952. The van der Waals surface area contributed by atoms with Gasteiger partial charge in [0.05, 0.1) is 19.2 Å². The molecule has 1 aromatic heterocycles. The van der Waals surface area contributed by atoms with E-state index in [-0.39, 0.29) is 17.7 Å². The number of hydrogen-bond acceptors (Lipinski definition) is 3. The smallest absolute Gasteiger partial charge is 0.338 e. The van der Waals surface area contributed by atoms with Crippen LogP contribution in [0.2, 0.25) is 0 Å². The van der Waals surface area contributed by atoms with Crippen LogP contribution < -0.4 is 5.56 Å². The van der Waals surface area contributed by atoms with E-state index in [9.17, 15) is 14.0 Å². The summed E-state index contributed by atoms with van der Waals surface area (Å²) in [5.74, 6) is -1.46. The Morgan fingerprint density at radius 3 is 2.38 bits per heavy atom. The number of methoxy groups -OCH3 is 1. The van der Waals surface area contributed by atoms with Crippen molar-refractivity contribution in [3.8, 4) is 11.1 Å². The van der Waals surface area contributed by atoms with Crippen LogP contribution in [0.5, 0.6) is 0 Å². The van der Waals surface area contributed by atoms with E-state index in [1.807, 2.05) is 30.3 Å². The van der Waals surface area contributed by atoms with Crippen LogP contribution in [0.25, 0.3) is 11.1 Å². The highest BCUT2D eigenvalue weighted by atomic mass is 19.1. The highest BCUT2D eigenvalue weighted by Crippen LogP contribution is 2.26.